The molecule has 0 saturated carbocycles. The smallest absolute Gasteiger partial charge is 0.0347 e. The SMILES string of the molecule is C1=CCCCCC=C1.I. The van der Waals surface area contributed by atoms with Crippen LogP contribution in [0.1, 0.15) is 25.7 Å². The van der Waals surface area contributed by atoms with Gasteiger partial charge in [0.1, 0.15) is 0 Å². The van der Waals surface area contributed by atoms with Gasteiger partial charge < -0.3 is 0 Å². The lowest BCUT2D eigenvalue weighted by atomic mass is 10.1. The molecule has 0 radical (unpaired) electrons. The second-order valence-corrected chi connectivity index (χ2v) is 2.14. The molecule has 0 nitrogen and oxygen atoms in total. The summed E-state index contributed by atoms with van der Waals surface area (Å²) < 4.78 is 0. The van der Waals surface area contributed by atoms with Gasteiger partial charge in [0.15, 0.2) is 0 Å². The summed E-state index contributed by atoms with van der Waals surface area (Å²) in [6.45, 7) is 0. The minimum absolute atomic E-state index is 0. The van der Waals surface area contributed by atoms with Crippen molar-refractivity contribution in [3.8, 4) is 0 Å². The predicted octanol–water partition coefficient (Wildman–Crippen LogP) is 3.29. The van der Waals surface area contributed by atoms with E-state index in [1.54, 1.807) is 0 Å². The van der Waals surface area contributed by atoms with E-state index in [0.717, 1.165) is 0 Å². The maximum Gasteiger partial charge on any atom is -0.0347 e. The van der Waals surface area contributed by atoms with Gasteiger partial charge in [-0.05, 0) is 25.7 Å². The molecule has 9 heavy (non-hydrogen) atoms. The first-order chi connectivity index (χ1) is 4.00. The zero-order valence-electron chi connectivity index (χ0n) is 5.55. The minimum Gasteiger partial charge on any atom is -0.107 e. The van der Waals surface area contributed by atoms with Crippen molar-refractivity contribution in [2.24, 2.45) is 0 Å². The highest BCUT2D eigenvalue weighted by Crippen LogP contribution is 2.04. The van der Waals surface area contributed by atoms with E-state index in [0.29, 0.717) is 0 Å². The molecule has 1 heteroatoms. The van der Waals surface area contributed by atoms with E-state index >= 15 is 0 Å². The van der Waals surface area contributed by atoms with Crippen molar-refractivity contribution in [1.29, 1.82) is 0 Å². The first kappa shape index (κ1) is 9.21. The number of allylic oxidation sites excluding steroid dienone is 4. The van der Waals surface area contributed by atoms with Crippen LogP contribution < -0.4 is 0 Å². The number of hydrogen-bond acceptors (Lipinski definition) is 0. The molecular formula is C8H13I. The van der Waals surface area contributed by atoms with Gasteiger partial charge in [0.05, 0.1) is 0 Å². The van der Waals surface area contributed by atoms with Gasteiger partial charge in [0, 0.05) is 0 Å². The van der Waals surface area contributed by atoms with E-state index < -0.39 is 0 Å². The summed E-state index contributed by atoms with van der Waals surface area (Å²) >= 11 is 0. The summed E-state index contributed by atoms with van der Waals surface area (Å²) in [4.78, 5) is 0. The zero-order chi connectivity index (χ0) is 5.66. The summed E-state index contributed by atoms with van der Waals surface area (Å²) in [6.07, 6.45) is 14.0. The molecule has 0 bridgehead atoms. The first-order valence-corrected chi connectivity index (χ1v) is 3.32. The highest BCUT2D eigenvalue weighted by Gasteiger charge is 1.84. The first-order valence-electron chi connectivity index (χ1n) is 3.32. The molecule has 0 saturated heterocycles. The second kappa shape index (κ2) is 6.33. The molecule has 1 aliphatic carbocycles. The largest absolute Gasteiger partial charge is 0.107 e. The molecule has 0 N–H and O–H groups in total. The van der Waals surface area contributed by atoms with Gasteiger partial charge >= 0.3 is 0 Å². The van der Waals surface area contributed by atoms with Gasteiger partial charge in [0.2, 0.25) is 0 Å². The van der Waals surface area contributed by atoms with Crippen LogP contribution in [0.15, 0.2) is 24.3 Å². The maximum atomic E-state index is 2.23. The van der Waals surface area contributed by atoms with Crippen LogP contribution in [0.3, 0.4) is 0 Å². The van der Waals surface area contributed by atoms with Gasteiger partial charge in [-0.1, -0.05) is 24.3 Å². The topological polar surface area (TPSA) is 0 Å². The van der Waals surface area contributed by atoms with Crippen molar-refractivity contribution in [3.05, 3.63) is 24.3 Å². The Morgan fingerprint density at radius 3 is 1.67 bits per heavy atom. The third kappa shape index (κ3) is 4.70. The van der Waals surface area contributed by atoms with E-state index in [4.69, 9.17) is 0 Å². The van der Waals surface area contributed by atoms with Gasteiger partial charge in [-0.2, -0.15) is 0 Å². The molecule has 0 unspecified atom stereocenters. The van der Waals surface area contributed by atoms with Crippen LogP contribution in [0.5, 0.6) is 0 Å². The molecule has 0 heterocycles. The van der Waals surface area contributed by atoms with Crippen LogP contribution in [-0.4, -0.2) is 0 Å². The Hall–Kier alpha value is 0.210. The third-order valence-electron chi connectivity index (χ3n) is 1.37. The Morgan fingerprint density at radius 2 is 1.22 bits per heavy atom. The normalized spacial score (nSPS) is 17.8. The molecule has 0 atom stereocenters. The number of rotatable bonds is 0. The van der Waals surface area contributed by atoms with Gasteiger partial charge in [-0.25, -0.2) is 0 Å². The van der Waals surface area contributed by atoms with Crippen LogP contribution >= 0.6 is 24.0 Å². The standard InChI is InChI=1S/C8H12.HI/c1-2-4-6-8-7-5-3-1;/h1-4H,5-8H2;1H. The van der Waals surface area contributed by atoms with E-state index in [9.17, 15) is 0 Å². The molecule has 0 aliphatic heterocycles. The Kier molecular flexibility index (Phi) is 6.48. The van der Waals surface area contributed by atoms with E-state index in [2.05, 4.69) is 24.3 Å². The van der Waals surface area contributed by atoms with E-state index in [-0.39, 0.29) is 24.0 Å². The Balaban J connectivity index is 0.000000640. The summed E-state index contributed by atoms with van der Waals surface area (Å²) in [5, 5.41) is 0. The quantitative estimate of drug-likeness (QED) is 0.566. The van der Waals surface area contributed by atoms with Crippen molar-refractivity contribution in [3.63, 3.8) is 0 Å². The van der Waals surface area contributed by atoms with Crippen molar-refractivity contribution in [1.82, 2.24) is 0 Å². The molecule has 0 aromatic heterocycles. The van der Waals surface area contributed by atoms with Crippen molar-refractivity contribution >= 4 is 24.0 Å². The molecule has 0 aromatic rings. The molecule has 0 aromatic carbocycles. The van der Waals surface area contributed by atoms with Crippen molar-refractivity contribution in [2.75, 3.05) is 0 Å². The molecular weight excluding hydrogens is 223 g/mol. The fourth-order valence-corrected chi connectivity index (χ4v) is 0.874. The monoisotopic (exact) mass is 236 g/mol. The van der Waals surface area contributed by atoms with Gasteiger partial charge in [-0.3, -0.25) is 0 Å². The number of halogens is 1. The fraction of sp³-hybridized carbons (Fsp3) is 0.500. The van der Waals surface area contributed by atoms with Crippen LogP contribution in [0.2, 0.25) is 0 Å². The molecule has 52 valence electrons. The summed E-state index contributed by atoms with van der Waals surface area (Å²) in [7, 11) is 0. The maximum absolute atomic E-state index is 2.23. The van der Waals surface area contributed by atoms with Crippen molar-refractivity contribution in [2.45, 2.75) is 25.7 Å². The second-order valence-electron chi connectivity index (χ2n) is 2.14. The molecule has 1 rings (SSSR count). The fourth-order valence-electron chi connectivity index (χ4n) is 0.874. The molecule has 0 amide bonds. The van der Waals surface area contributed by atoms with Crippen LogP contribution in [0.25, 0.3) is 0 Å². The Morgan fingerprint density at radius 1 is 0.778 bits per heavy atom. The lowest BCUT2D eigenvalue weighted by Crippen LogP contribution is -1.74. The van der Waals surface area contributed by atoms with Crippen LogP contribution in [0.4, 0.5) is 0 Å². The molecule has 1 aliphatic rings. The summed E-state index contributed by atoms with van der Waals surface area (Å²) in [6, 6.07) is 0. The van der Waals surface area contributed by atoms with Crippen LogP contribution in [0, 0.1) is 0 Å². The highest BCUT2D eigenvalue weighted by atomic mass is 127. The minimum atomic E-state index is 0. The zero-order valence-corrected chi connectivity index (χ0v) is 7.88. The lowest BCUT2D eigenvalue weighted by Gasteiger charge is -1.94. The average Bonchev–Trinajstić information content (AvgIpc) is 1.62. The lowest BCUT2D eigenvalue weighted by molar-refractivity contribution is 0.758. The predicted molar refractivity (Wildman–Crippen MR) is 52.2 cm³/mol. The molecule has 0 spiro atoms. The Bertz CT molecular complexity index is 89.1. The number of hydrogen-bond donors (Lipinski definition) is 0. The average molecular weight is 236 g/mol. The van der Waals surface area contributed by atoms with E-state index in [1.807, 2.05) is 0 Å². The van der Waals surface area contributed by atoms with Gasteiger partial charge in [-0.15, -0.1) is 24.0 Å². The summed E-state index contributed by atoms with van der Waals surface area (Å²) in [5.74, 6) is 0. The van der Waals surface area contributed by atoms with Crippen molar-refractivity contribution < 1.29 is 0 Å². The molecule has 0 fully saturated rings. The van der Waals surface area contributed by atoms with Crippen LogP contribution in [-0.2, 0) is 0 Å². The van der Waals surface area contributed by atoms with E-state index in [1.165, 1.54) is 25.7 Å². The van der Waals surface area contributed by atoms with Gasteiger partial charge in [0.25, 0.3) is 0 Å². The Labute approximate surface area is 74.1 Å². The highest BCUT2D eigenvalue weighted by molar-refractivity contribution is 14.0. The summed E-state index contributed by atoms with van der Waals surface area (Å²) in [5.41, 5.74) is 0. The third-order valence-corrected chi connectivity index (χ3v) is 1.37.